The monoisotopic (exact) mass is 291 g/mol. The highest BCUT2D eigenvalue weighted by Gasteiger charge is 2.14. The van der Waals surface area contributed by atoms with Crippen molar-refractivity contribution in [2.24, 2.45) is 5.41 Å². The van der Waals surface area contributed by atoms with Gasteiger partial charge in [-0.1, -0.05) is 20.8 Å². The Morgan fingerprint density at radius 3 is 2.44 bits per heavy atom. The average molecular weight is 292 g/mol. The second-order valence-electron chi connectivity index (χ2n) is 4.99. The van der Waals surface area contributed by atoms with E-state index in [9.17, 15) is 8.78 Å². The maximum absolute atomic E-state index is 13.6. The smallest absolute Gasteiger partial charge is 0.144 e. The summed E-state index contributed by atoms with van der Waals surface area (Å²) in [6, 6.07) is 2.64. The molecular formula is C12H16BrF2N. The second kappa shape index (κ2) is 5.23. The standard InChI is InChI=1S/C12H16BrF2N/c1-12(2,3)7-16-6-8-10(14)5-4-9(13)11(8)15/h4-5,16H,6-7H2,1-3H3. The van der Waals surface area contributed by atoms with E-state index < -0.39 is 11.6 Å². The van der Waals surface area contributed by atoms with E-state index in [0.29, 0.717) is 11.0 Å². The predicted octanol–water partition coefficient (Wildman–Crippen LogP) is 3.86. The predicted molar refractivity (Wildman–Crippen MR) is 65.2 cm³/mol. The SMILES string of the molecule is CC(C)(C)CNCc1c(F)ccc(Br)c1F. The van der Waals surface area contributed by atoms with Crippen LogP contribution in [0.1, 0.15) is 26.3 Å². The van der Waals surface area contributed by atoms with Crippen LogP contribution in [0.2, 0.25) is 0 Å². The fraction of sp³-hybridized carbons (Fsp3) is 0.500. The van der Waals surface area contributed by atoms with Gasteiger partial charge in [0.05, 0.1) is 4.47 Å². The van der Waals surface area contributed by atoms with Crippen LogP contribution in [0.15, 0.2) is 16.6 Å². The molecule has 0 unspecified atom stereocenters. The molecule has 1 N–H and O–H groups in total. The highest BCUT2D eigenvalue weighted by molar-refractivity contribution is 9.10. The lowest BCUT2D eigenvalue weighted by Crippen LogP contribution is -2.27. The number of halogens is 3. The van der Waals surface area contributed by atoms with Gasteiger partial charge in [0.15, 0.2) is 0 Å². The quantitative estimate of drug-likeness (QED) is 0.834. The minimum absolute atomic E-state index is 0.0821. The fourth-order valence-electron chi connectivity index (χ4n) is 1.29. The van der Waals surface area contributed by atoms with Crippen LogP contribution in [0.25, 0.3) is 0 Å². The lowest BCUT2D eigenvalue weighted by atomic mass is 9.97. The molecule has 0 aliphatic rings. The molecule has 1 rings (SSSR count). The first kappa shape index (κ1) is 13.6. The Bertz CT molecular complexity index is 372. The Labute approximate surface area is 103 Å². The van der Waals surface area contributed by atoms with Gasteiger partial charge in [-0.05, 0) is 33.5 Å². The molecule has 1 aromatic carbocycles. The highest BCUT2D eigenvalue weighted by atomic mass is 79.9. The molecule has 0 saturated heterocycles. The zero-order chi connectivity index (χ0) is 12.3. The minimum atomic E-state index is -0.526. The minimum Gasteiger partial charge on any atom is -0.312 e. The van der Waals surface area contributed by atoms with E-state index >= 15 is 0 Å². The van der Waals surface area contributed by atoms with Crippen molar-refractivity contribution in [2.75, 3.05) is 6.54 Å². The van der Waals surface area contributed by atoms with Gasteiger partial charge in [-0.3, -0.25) is 0 Å². The van der Waals surface area contributed by atoms with Crippen molar-refractivity contribution < 1.29 is 8.78 Å². The van der Waals surface area contributed by atoms with Crippen LogP contribution in [-0.2, 0) is 6.54 Å². The van der Waals surface area contributed by atoms with Gasteiger partial charge in [0.25, 0.3) is 0 Å². The van der Waals surface area contributed by atoms with E-state index in [1.54, 1.807) is 0 Å². The van der Waals surface area contributed by atoms with E-state index in [1.807, 2.05) is 0 Å². The van der Waals surface area contributed by atoms with Gasteiger partial charge >= 0.3 is 0 Å². The number of nitrogens with one attached hydrogen (secondary N) is 1. The molecule has 0 atom stereocenters. The second-order valence-corrected chi connectivity index (χ2v) is 5.84. The first-order valence-corrected chi connectivity index (χ1v) is 5.93. The van der Waals surface area contributed by atoms with Crippen LogP contribution in [0, 0.1) is 17.0 Å². The highest BCUT2D eigenvalue weighted by Crippen LogP contribution is 2.21. The van der Waals surface area contributed by atoms with Crippen LogP contribution in [0.4, 0.5) is 8.78 Å². The molecule has 0 spiro atoms. The van der Waals surface area contributed by atoms with Crippen molar-refractivity contribution in [1.82, 2.24) is 5.32 Å². The number of hydrogen-bond acceptors (Lipinski definition) is 1. The Morgan fingerprint density at radius 1 is 1.25 bits per heavy atom. The molecule has 0 fully saturated rings. The molecule has 0 aliphatic heterocycles. The first-order valence-electron chi connectivity index (χ1n) is 5.14. The van der Waals surface area contributed by atoms with Gasteiger partial charge < -0.3 is 5.32 Å². The fourth-order valence-corrected chi connectivity index (χ4v) is 1.67. The van der Waals surface area contributed by atoms with Crippen molar-refractivity contribution in [1.29, 1.82) is 0 Å². The van der Waals surface area contributed by atoms with Crippen LogP contribution < -0.4 is 5.32 Å². The van der Waals surface area contributed by atoms with E-state index in [-0.39, 0.29) is 17.5 Å². The van der Waals surface area contributed by atoms with Gasteiger partial charge in [0.2, 0.25) is 0 Å². The summed E-state index contributed by atoms with van der Waals surface area (Å²) in [4.78, 5) is 0. The van der Waals surface area contributed by atoms with Crippen LogP contribution in [0.3, 0.4) is 0 Å². The number of benzene rings is 1. The molecule has 4 heteroatoms. The van der Waals surface area contributed by atoms with Crippen molar-refractivity contribution in [2.45, 2.75) is 27.3 Å². The molecule has 0 heterocycles. The van der Waals surface area contributed by atoms with Gasteiger partial charge in [0, 0.05) is 18.7 Å². The summed E-state index contributed by atoms with van der Waals surface area (Å²) in [5, 5.41) is 3.05. The molecule has 0 bridgehead atoms. The normalized spacial score (nSPS) is 11.9. The van der Waals surface area contributed by atoms with E-state index in [2.05, 4.69) is 42.0 Å². The van der Waals surface area contributed by atoms with Crippen molar-refractivity contribution in [3.05, 3.63) is 33.8 Å². The van der Waals surface area contributed by atoms with Crippen LogP contribution in [-0.4, -0.2) is 6.54 Å². The maximum atomic E-state index is 13.6. The van der Waals surface area contributed by atoms with Gasteiger partial charge in [-0.15, -0.1) is 0 Å². The third-order valence-electron chi connectivity index (χ3n) is 2.10. The largest absolute Gasteiger partial charge is 0.312 e. The van der Waals surface area contributed by atoms with Gasteiger partial charge in [-0.25, -0.2) is 8.78 Å². The Morgan fingerprint density at radius 2 is 1.88 bits per heavy atom. The summed E-state index contributed by atoms with van der Waals surface area (Å²) >= 11 is 3.04. The van der Waals surface area contributed by atoms with Gasteiger partial charge in [-0.2, -0.15) is 0 Å². The molecule has 1 aromatic rings. The summed E-state index contributed by atoms with van der Waals surface area (Å²) < 4.78 is 27.2. The first-order chi connectivity index (χ1) is 7.31. The lowest BCUT2D eigenvalue weighted by Gasteiger charge is -2.19. The lowest BCUT2D eigenvalue weighted by molar-refractivity contribution is 0.375. The van der Waals surface area contributed by atoms with Gasteiger partial charge in [0.1, 0.15) is 11.6 Å². The Hall–Kier alpha value is -0.480. The third kappa shape index (κ3) is 3.83. The van der Waals surface area contributed by atoms with Crippen LogP contribution in [0.5, 0.6) is 0 Å². The zero-order valence-corrected chi connectivity index (χ0v) is 11.3. The maximum Gasteiger partial charge on any atom is 0.144 e. The van der Waals surface area contributed by atoms with E-state index in [1.165, 1.54) is 12.1 Å². The molecule has 0 amide bonds. The summed E-state index contributed by atoms with van der Waals surface area (Å²) in [7, 11) is 0. The summed E-state index contributed by atoms with van der Waals surface area (Å²) in [5.74, 6) is -1.04. The molecule has 90 valence electrons. The van der Waals surface area contributed by atoms with E-state index in [0.717, 1.165) is 0 Å². The summed E-state index contributed by atoms with van der Waals surface area (Å²) in [5.41, 5.74) is 0.178. The zero-order valence-electron chi connectivity index (χ0n) is 9.70. The van der Waals surface area contributed by atoms with E-state index in [4.69, 9.17) is 0 Å². The number of rotatable bonds is 3. The van der Waals surface area contributed by atoms with Crippen molar-refractivity contribution in [3.63, 3.8) is 0 Å². The third-order valence-corrected chi connectivity index (χ3v) is 2.71. The molecule has 1 nitrogen and oxygen atoms in total. The topological polar surface area (TPSA) is 12.0 Å². The van der Waals surface area contributed by atoms with Crippen molar-refractivity contribution >= 4 is 15.9 Å². The molecule has 0 radical (unpaired) electrons. The Kier molecular flexibility index (Phi) is 4.44. The molecule has 16 heavy (non-hydrogen) atoms. The number of hydrogen-bond donors (Lipinski definition) is 1. The molecule has 0 aliphatic carbocycles. The molecule has 0 saturated carbocycles. The van der Waals surface area contributed by atoms with Crippen LogP contribution >= 0.6 is 15.9 Å². The van der Waals surface area contributed by atoms with Crippen molar-refractivity contribution in [3.8, 4) is 0 Å². The molecule has 0 aromatic heterocycles. The molecular weight excluding hydrogens is 276 g/mol. The summed E-state index contributed by atoms with van der Waals surface area (Å²) in [6.07, 6.45) is 0. The summed E-state index contributed by atoms with van der Waals surface area (Å²) in [6.45, 7) is 7.10. The Balaban J connectivity index is 2.71. The average Bonchev–Trinajstić information content (AvgIpc) is 2.16.